The van der Waals surface area contributed by atoms with Gasteiger partial charge in [-0.05, 0) is 0 Å². The lowest BCUT2D eigenvalue weighted by molar-refractivity contribution is -0.395. The van der Waals surface area contributed by atoms with Gasteiger partial charge in [-0.15, -0.1) is 0 Å². The first-order valence-corrected chi connectivity index (χ1v) is 8.01. The van der Waals surface area contributed by atoms with Crippen molar-refractivity contribution in [3.8, 4) is 5.75 Å². The zero-order chi connectivity index (χ0) is 18.4. The third-order valence-electron chi connectivity index (χ3n) is 2.82. The van der Waals surface area contributed by atoms with Crippen molar-refractivity contribution >= 4 is 81.0 Å². The third kappa shape index (κ3) is 4.01. The first-order chi connectivity index (χ1) is 10.8. The summed E-state index contributed by atoms with van der Waals surface area (Å²) in [6, 6.07) is 1.60. The highest BCUT2D eigenvalue weighted by Gasteiger charge is 2.50. The van der Waals surface area contributed by atoms with Gasteiger partial charge in [0.2, 0.25) is 15.8 Å². The van der Waals surface area contributed by atoms with E-state index in [1.165, 1.54) is 0 Å². The molecule has 0 radical (unpaired) electrons. The first kappa shape index (κ1) is 19.8. The average molecular weight is 461 g/mol. The van der Waals surface area contributed by atoms with E-state index < -0.39 is 46.9 Å². The SMILES string of the molecule is O=[N+]([O-])c1cc2c(c([N+](=O)[O-])c1)O[C@H](C(Cl)(Cl)Cl)O[C@@H]2C(Cl)(Cl)Cl. The number of nitrogens with zero attached hydrogens (tertiary/aromatic N) is 2. The number of benzene rings is 1. The molecule has 0 saturated heterocycles. The second kappa shape index (κ2) is 6.68. The van der Waals surface area contributed by atoms with Crippen LogP contribution in [0.3, 0.4) is 0 Å². The van der Waals surface area contributed by atoms with E-state index in [1.54, 1.807) is 0 Å². The third-order valence-corrected chi connectivity index (χ3v) is 3.95. The van der Waals surface area contributed by atoms with Gasteiger partial charge in [0.05, 0.1) is 15.9 Å². The quantitative estimate of drug-likeness (QED) is 0.348. The van der Waals surface area contributed by atoms with Crippen LogP contribution in [-0.4, -0.2) is 23.7 Å². The molecule has 1 aliphatic heterocycles. The topological polar surface area (TPSA) is 105 Å². The molecule has 1 aromatic carbocycles. The fourth-order valence-electron chi connectivity index (χ4n) is 1.91. The second-order valence-corrected chi connectivity index (χ2v) is 9.18. The summed E-state index contributed by atoms with van der Waals surface area (Å²) in [7, 11) is 0. The number of fused-ring (bicyclic) bond motifs is 1. The molecule has 0 saturated carbocycles. The van der Waals surface area contributed by atoms with Crippen molar-refractivity contribution in [1.29, 1.82) is 0 Å². The van der Waals surface area contributed by atoms with Crippen LogP contribution in [0.2, 0.25) is 0 Å². The summed E-state index contributed by atoms with van der Waals surface area (Å²) in [6.07, 6.45) is -3.18. The molecule has 0 bridgehead atoms. The Morgan fingerprint density at radius 2 is 1.54 bits per heavy atom. The Morgan fingerprint density at radius 3 is 1.96 bits per heavy atom. The lowest BCUT2D eigenvalue weighted by atomic mass is 10.1. The van der Waals surface area contributed by atoms with Crippen LogP contribution in [-0.2, 0) is 4.74 Å². The van der Waals surface area contributed by atoms with Crippen molar-refractivity contribution in [1.82, 2.24) is 0 Å². The lowest BCUT2D eigenvalue weighted by Crippen LogP contribution is -2.42. The number of hydrogen-bond acceptors (Lipinski definition) is 6. The fourth-order valence-corrected chi connectivity index (χ4v) is 2.71. The van der Waals surface area contributed by atoms with Crippen LogP contribution in [0.15, 0.2) is 12.1 Å². The monoisotopic (exact) mass is 458 g/mol. The molecule has 1 heterocycles. The van der Waals surface area contributed by atoms with Gasteiger partial charge in [-0.2, -0.15) is 0 Å². The molecule has 0 spiro atoms. The highest BCUT2D eigenvalue weighted by Crippen LogP contribution is 2.54. The summed E-state index contributed by atoms with van der Waals surface area (Å²) in [5.41, 5.74) is -1.62. The van der Waals surface area contributed by atoms with Crippen molar-refractivity contribution in [3.63, 3.8) is 0 Å². The van der Waals surface area contributed by atoms with Gasteiger partial charge in [-0.25, -0.2) is 0 Å². The second-order valence-electron chi connectivity index (χ2n) is 4.45. The number of alkyl halides is 6. The van der Waals surface area contributed by atoms with Gasteiger partial charge in [-0.3, -0.25) is 20.2 Å². The largest absolute Gasteiger partial charge is 0.453 e. The van der Waals surface area contributed by atoms with Crippen LogP contribution in [0.25, 0.3) is 0 Å². The molecular formula is C10H4Cl6N2O6. The molecule has 14 heteroatoms. The van der Waals surface area contributed by atoms with Gasteiger partial charge >= 0.3 is 5.69 Å². The summed E-state index contributed by atoms with van der Waals surface area (Å²) in [5.74, 6) is -0.454. The maximum absolute atomic E-state index is 11.2. The number of nitro groups is 2. The van der Waals surface area contributed by atoms with Gasteiger partial charge in [0.15, 0.2) is 0 Å². The van der Waals surface area contributed by atoms with E-state index in [1.807, 2.05) is 0 Å². The molecule has 0 aliphatic carbocycles. The van der Waals surface area contributed by atoms with E-state index in [2.05, 4.69) is 0 Å². The molecule has 0 fully saturated rings. The molecule has 0 amide bonds. The van der Waals surface area contributed by atoms with E-state index in [0.717, 1.165) is 6.07 Å². The predicted molar refractivity (Wildman–Crippen MR) is 88.6 cm³/mol. The number of halogens is 6. The Hall–Kier alpha value is -0.480. The Labute approximate surface area is 163 Å². The minimum Gasteiger partial charge on any atom is -0.453 e. The zero-order valence-corrected chi connectivity index (χ0v) is 15.5. The first-order valence-electron chi connectivity index (χ1n) is 5.74. The smallest absolute Gasteiger partial charge is 0.318 e. The van der Waals surface area contributed by atoms with Gasteiger partial charge in [0.1, 0.15) is 6.10 Å². The predicted octanol–water partition coefficient (Wildman–Crippen LogP) is 5.02. The number of rotatable bonds is 2. The Balaban J connectivity index is 2.73. The van der Waals surface area contributed by atoms with E-state index in [-0.39, 0.29) is 5.56 Å². The maximum atomic E-state index is 11.2. The standard InChI is InChI=1S/C10H4Cl6N2O6/c11-9(12,13)7-4-1-3(17(19)20)2-5(18(21)22)6(4)23-8(24-7)10(14,15)16/h1-2,7-8H/t7-,8-/m0/s1. The normalized spacial score (nSPS) is 20.9. The fraction of sp³-hybridized carbons (Fsp3) is 0.400. The Kier molecular flexibility index (Phi) is 5.52. The number of nitro benzene ring substituents is 2. The van der Waals surface area contributed by atoms with Crippen LogP contribution in [0, 0.1) is 20.2 Å². The molecule has 24 heavy (non-hydrogen) atoms. The molecule has 8 nitrogen and oxygen atoms in total. The van der Waals surface area contributed by atoms with E-state index in [4.69, 9.17) is 79.1 Å². The minimum atomic E-state index is -2.18. The molecule has 2 rings (SSSR count). The van der Waals surface area contributed by atoms with Crippen LogP contribution < -0.4 is 4.74 Å². The van der Waals surface area contributed by atoms with Gasteiger partial charge in [0, 0.05) is 11.6 Å². The molecular weight excluding hydrogens is 457 g/mol. The van der Waals surface area contributed by atoms with Gasteiger partial charge in [-0.1, -0.05) is 69.6 Å². The highest BCUT2D eigenvalue weighted by atomic mass is 35.6. The summed E-state index contributed by atoms with van der Waals surface area (Å²) in [6.45, 7) is 0. The number of hydrogen-bond donors (Lipinski definition) is 0. The lowest BCUT2D eigenvalue weighted by Gasteiger charge is -2.37. The average Bonchev–Trinajstić information content (AvgIpc) is 2.42. The summed E-state index contributed by atoms with van der Waals surface area (Å²) in [5, 5.41) is 22.2. The van der Waals surface area contributed by atoms with Gasteiger partial charge in [0.25, 0.3) is 9.48 Å². The summed E-state index contributed by atoms with van der Waals surface area (Å²) >= 11 is 34.4. The van der Waals surface area contributed by atoms with E-state index >= 15 is 0 Å². The van der Waals surface area contributed by atoms with E-state index in [0.29, 0.717) is 6.07 Å². The molecule has 1 aromatic rings. The van der Waals surface area contributed by atoms with Crippen LogP contribution in [0.1, 0.15) is 11.7 Å². The van der Waals surface area contributed by atoms with Crippen molar-refractivity contribution in [2.75, 3.05) is 0 Å². The van der Waals surface area contributed by atoms with Crippen LogP contribution >= 0.6 is 69.6 Å². The van der Waals surface area contributed by atoms with Crippen LogP contribution in [0.4, 0.5) is 11.4 Å². The van der Waals surface area contributed by atoms with Crippen LogP contribution in [0.5, 0.6) is 5.75 Å². The van der Waals surface area contributed by atoms with Crippen molar-refractivity contribution in [2.24, 2.45) is 0 Å². The Bertz CT molecular complexity index is 702. The molecule has 0 N–H and O–H groups in total. The maximum Gasteiger partial charge on any atom is 0.318 e. The molecule has 0 aromatic heterocycles. The van der Waals surface area contributed by atoms with Crippen molar-refractivity contribution < 1.29 is 19.3 Å². The minimum absolute atomic E-state index is 0.235. The van der Waals surface area contributed by atoms with Gasteiger partial charge < -0.3 is 9.47 Å². The van der Waals surface area contributed by atoms with E-state index in [9.17, 15) is 20.2 Å². The molecule has 0 unspecified atom stereocenters. The Morgan fingerprint density at radius 1 is 0.958 bits per heavy atom. The number of ether oxygens (including phenoxy) is 2. The zero-order valence-electron chi connectivity index (χ0n) is 10.9. The highest BCUT2D eigenvalue weighted by molar-refractivity contribution is 6.68. The molecule has 1 aliphatic rings. The van der Waals surface area contributed by atoms with Crippen molar-refractivity contribution in [2.45, 2.75) is 20.0 Å². The van der Waals surface area contributed by atoms with Crippen molar-refractivity contribution in [3.05, 3.63) is 37.9 Å². The molecule has 2 atom stereocenters. The number of non-ortho nitro benzene ring substituents is 1. The summed E-state index contributed by atoms with van der Waals surface area (Å²) in [4.78, 5) is 20.4. The summed E-state index contributed by atoms with van der Waals surface area (Å²) < 4.78 is 6.08. The molecule has 132 valence electrons.